The lowest BCUT2D eigenvalue weighted by Gasteiger charge is -2.36. The zero-order valence-electron chi connectivity index (χ0n) is 25.0. The highest BCUT2D eigenvalue weighted by atomic mass is 32.2. The number of hydrogen-bond acceptors (Lipinski definition) is 10. The van der Waals surface area contributed by atoms with Gasteiger partial charge >= 0.3 is 12.0 Å². The Balaban J connectivity index is 1.21. The van der Waals surface area contributed by atoms with Gasteiger partial charge in [0.25, 0.3) is 0 Å². The summed E-state index contributed by atoms with van der Waals surface area (Å²) in [7, 11) is 1.30. The van der Waals surface area contributed by atoms with Gasteiger partial charge in [0.1, 0.15) is 11.0 Å². The summed E-state index contributed by atoms with van der Waals surface area (Å²) in [6.07, 6.45) is 0.121. The van der Waals surface area contributed by atoms with E-state index in [0.717, 1.165) is 37.2 Å². The second-order valence-corrected chi connectivity index (χ2v) is 13.0. The average molecular weight is 649 g/mol. The van der Waals surface area contributed by atoms with Crippen molar-refractivity contribution in [2.45, 2.75) is 61.8 Å². The van der Waals surface area contributed by atoms with Crippen LogP contribution >= 0.6 is 23.1 Å². The van der Waals surface area contributed by atoms with Gasteiger partial charge in [0.2, 0.25) is 0 Å². The first-order chi connectivity index (χ1) is 21.9. The molecule has 0 bridgehead atoms. The third-order valence-electron chi connectivity index (χ3n) is 7.29. The summed E-state index contributed by atoms with van der Waals surface area (Å²) in [6, 6.07) is 23.7. The highest BCUT2D eigenvalue weighted by molar-refractivity contribution is 8.01. The molecule has 1 aliphatic rings. The Morgan fingerprint density at radius 1 is 0.978 bits per heavy atom. The minimum absolute atomic E-state index is 0.0134. The van der Waals surface area contributed by atoms with E-state index in [9.17, 15) is 14.7 Å². The van der Waals surface area contributed by atoms with Crippen molar-refractivity contribution in [1.29, 1.82) is 0 Å². The maximum atomic E-state index is 12.7. The number of aromatic nitrogens is 2. The number of nitrogens with one attached hydrogen (secondary N) is 2. The van der Waals surface area contributed by atoms with Crippen molar-refractivity contribution in [2.75, 3.05) is 12.9 Å². The molecule has 1 aromatic heterocycles. The number of methoxy groups -OCH3 is 1. The monoisotopic (exact) mass is 648 g/mol. The van der Waals surface area contributed by atoms with Gasteiger partial charge in [-0.15, -0.1) is 10.2 Å². The van der Waals surface area contributed by atoms with Gasteiger partial charge in [-0.25, -0.2) is 9.59 Å². The molecule has 3 aromatic carbocycles. The van der Waals surface area contributed by atoms with Crippen molar-refractivity contribution in [2.24, 2.45) is 0 Å². The predicted molar refractivity (Wildman–Crippen MR) is 172 cm³/mol. The first kappa shape index (κ1) is 32.6. The van der Waals surface area contributed by atoms with Crippen LogP contribution in [0.5, 0.6) is 0 Å². The molecular formula is C33H36N4O6S2. The van der Waals surface area contributed by atoms with Gasteiger partial charge < -0.3 is 30.0 Å². The van der Waals surface area contributed by atoms with Gasteiger partial charge in [-0.1, -0.05) is 102 Å². The minimum Gasteiger partial charge on any atom is -0.467 e. The molecule has 0 saturated carbocycles. The Morgan fingerprint density at radius 3 is 2.36 bits per heavy atom. The first-order valence-electron chi connectivity index (χ1n) is 14.6. The van der Waals surface area contributed by atoms with Crippen LogP contribution in [-0.2, 0) is 38.6 Å². The molecule has 4 atom stereocenters. The van der Waals surface area contributed by atoms with Gasteiger partial charge in [-0.2, -0.15) is 0 Å². The van der Waals surface area contributed by atoms with E-state index in [2.05, 4.69) is 20.8 Å². The maximum absolute atomic E-state index is 12.7. The summed E-state index contributed by atoms with van der Waals surface area (Å²) in [4.78, 5) is 25.0. The number of ether oxygens (including phenoxy) is 3. The van der Waals surface area contributed by atoms with Crippen molar-refractivity contribution < 1.29 is 28.9 Å². The Hall–Kier alpha value is -3.81. The molecule has 12 heteroatoms. The maximum Gasteiger partial charge on any atom is 0.328 e. The molecule has 236 valence electrons. The number of aryl methyl sites for hydroxylation is 1. The van der Waals surface area contributed by atoms with E-state index in [-0.39, 0.29) is 25.4 Å². The van der Waals surface area contributed by atoms with Crippen LogP contribution in [0.25, 0.3) is 0 Å². The van der Waals surface area contributed by atoms with Crippen molar-refractivity contribution in [1.82, 2.24) is 20.8 Å². The van der Waals surface area contributed by atoms with Gasteiger partial charge in [0.05, 0.1) is 25.9 Å². The second kappa shape index (κ2) is 16.0. The number of hydrogen-bond donors (Lipinski definition) is 3. The van der Waals surface area contributed by atoms with Gasteiger partial charge in [0, 0.05) is 30.7 Å². The number of urea groups is 1. The highest BCUT2D eigenvalue weighted by Gasteiger charge is 2.32. The lowest BCUT2D eigenvalue weighted by Crippen LogP contribution is -2.47. The van der Waals surface area contributed by atoms with E-state index in [4.69, 9.17) is 14.2 Å². The van der Waals surface area contributed by atoms with Crippen LogP contribution in [0.1, 0.15) is 51.6 Å². The second-order valence-electron chi connectivity index (χ2n) is 10.6. The van der Waals surface area contributed by atoms with Gasteiger partial charge in [-0.3, -0.25) is 0 Å². The number of amides is 2. The summed E-state index contributed by atoms with van der Waals surface area (Å²) in [5, 5.41) is 24.3. The number of esters is 1. The molecule has 45 heavy (non-hydrogen) atoms. The number of rotatable bonds is 12. The molecule has 1 aliphatic heterocycles. The zero-order valence-corrected chi connectivity index (χ0v) is 26.7. The van der Waals surface area contributed by atoms with Crippen LogP contribution in [-0.4, -0.2) is 52.3 Å². The van der Waals surface area contributed by atoms with Crippen LogP contribution in [0.4, 0.5) is 4.79 Å². The molecule has 5 rings (SSSR count). The molecule has 0 unspecified atom stereocenters. The van der Waals surface area contributed by atoms with Gasteiger partial charge in [0.15, 0.2) is 10.6 Å². The molecular weight excluding hydrogens is 613 g/mol. The fourth-order valence-electron chi connectivity index (χ4n) is 4.89. The smallest absolute Gasteiger partial charge is 0.328 e. The van der Waals surface area contributed by atoms with E-state index in [0.29, 0.717) is 18.6 Å². The lowest BCUT2D eigenvalue weighted by molar-refractivity contribution is -0.245. The van der Waals surface area contributed by atoms with Crippen LogP contribution in [0.15, 0.2) is 83.2 Å². The fourth-order valence-corrected chi connectivity index (χ4v) is 6.75. The standard InChI is InChI=1S/C33H36N4O6S2/c1-21-36-37-33(45-21)44-20-27-17-29(25-12-10-24(19-38)11-13-25)43-31(42-27)26-14-8-23(9-15-26)18-34-32(40)35-28(30(39)41-2)16-22-6-4-3-5-7-22/h3-15,27-29,31,38H,16-20H2,1-2H3,(H2,34,35,40)/t27-,28+,29+,31+/m1/s1. The Morgan fingerprint density at radius 2 is 1.69 bits per heavy atom. The molecule has 1 fully saturated rings. The summed E-state index contributed by atoms with van der Waals surface area (Å²) in [5.74, 6) is 0.192. The van der Waals surface area contributed by atoms with E-state index in [1.807, 2.05) is 85.8 Å². The third kappa shape index (κ3) is 9.35. The number of benzene rings is 3. The lowest BCUT2D eigenvalue weighted by atomic mass is 10.0. The molecule has 3 N–H and O–H groups in total. The predicted octanol–water partition coefficient (Wildman–Crippen LogP) is 5.26. The number of aliphatic hydroxyl groups excluding tert-OH is 1. The highest BCUT2D eigenvalue weighted by Crippen LogP contribution is 2.39. The molecule has 0 radical (unpaired) electrons. The molecule has 1 saturated heterocycles. The quantitative estimate of drug-likeness (QED) is 0.139. The summed E-state index contributed by atoms with van der Waals surface area (Å²) >= 11 is 3.19. The number of carbonyl (C=O) groups excluding carboxylic acids is 2. The third-order valence-corrected chi connectivity index (χ3v) is 9.40. The van der Waals surface area contributed by atoms with Crippen molar-refractivity contribution >= 4 is 35.1 Å². The topological polar surface area (TPSA) is 132 Å². The van der Waals surface area contributed by atoms with E-state index in [1.54, 1.807) is 23.1 Å². The number of nitrogens with zero attached hydrogens (tertiary/aromatic N) is 2. The Kier molecular flexibility index (Phi) is 11.6. The van der Waals surface area contributed by atoms with Crippen LogP contribution in [0, 0.1) is 6.92 Å². The number of thioether (sulfide) groups is 1. The first-order valence-corrected chi connectivity index (χ1v) is 16.4. The van der Waals surface area contributed by atoms with Crippen LogP contribution in [0.2, 0.25) is 0 Å². The largest absolute Gasteiger partial charge is 0.467 e. The Labute approximate surface area is 270 Å². The molecule has 0 spiro atoms. The van der Waals surface area contributed by atoms with Crippen molar-refractivity contribution in [3.63, 3.8) is 0 Å². The normalized spacial score (nSPS) is 18.6. The molecule has 10 nitrogen and oxygen atoms in total. The molecule has 0 aliphatic carbocycles. The summed E-state index contributed by atoms with van der Waals surface area (Å²) in [6.45, 7) is 2.18. The summed E-state index contributed by atoms with van der Waals surface area (Å²) < 4.78 is 18.6. The Bertz CT molecular complexity index is 1540. The number of aliphatic hydroxyl groups is 1. The zero-order chi connectivity index (χ0) is 31.6. The van der Waals surface area contributed by atoms with Crippen LogP contribution < -0.4 is 10.6 Å². The van der Waals surface area contributed by atoms with Gasteiger partial charge in [-0.05, 0) is 29.2 Å². The van der Waals surface area contributed by atoms with Crippen molar-refractivity contribution in [3.8, 4) is 0 Å². The molecule has 2 amide bonds. The van der Waals surface area contributed by atoms with Crippen molar-refractivity contribution in [3.05, 3.63) is 112 Å². The fraction of sp³-hybridized carbons (Fsp3) is 0.333. The molecule has 4 aromatic rings. The summed E-state index contributed by atoms with van der Waals surface area (Å²) in [5.41, 5.74) is 4.51. The SMILES string of the molecule is COC(=O)[C@H](Cc1ccccc1)NC(=O)NCc1ccc([C@H]2O[C@@H](CSc3nnc(C)s3)C[C@@H](c3ccc(CO)cc3)O2)cc1. The van der Waals surface area contributed by atoms with E-state index in [1.165, 1.54) is 7.11 Å². The van der Waals surface area contributed by atoms with Crippen LogP contribution in [0.3, 0.4) is 0 Å². The van der Waals surface area contributed by atoms with E-state index >= 15 is 0 Å². The molecule has 2 heterocycles. The minimum atomic E-state index is -0.810. The number of carbonyl (C=O) groups is 2. The van der Waals surface area contributed by atoms with E-state index < -0.39 is 24.3 Å². The average Bonchev–Trinajstić information content (AvgIpc) is 3.51.